The van der Waals surface area contributed by atoms with Gasteiger partial charge in [0.2, 0.25) is 0 Å². The normalized spacial score (nSPS) is 11.1. The number of quaternary nitrogens is 1. The molecule has 5 nitrogen and oxygen atoms in total. The molecule has 0 radical (unpaired) electrons. The maximum absolute atomic E-state index is 11.3. The molecule has 0 bridgehead atoms. The Morgan fingerprint density at radius 1 is 1.05 bits per heavy atom. The van der Waals surface area contributed by atoms with E-state index in [0.717, 1.165) is 36.1 Å². The van der Waals surface area contributed by atoms with Crippen LogP contribution in [0, 0.1) is 0 Å². The Bertz CT molecular complexity index is 372. The van der Waals surface area contributed by atoms with Crippen LogP contribution in [0.25, 0.3) is 0 Å². The quantitative estimate of drug-likeness (QED) is 0.200. The Morgan fingerprint density at radius 3 is 2.20 bits per heavy atom. The molecule has 0 aromatic heterocycles. The largest absolute Gasteiger partial charge is 0.462 e. The smallest absolute Gasteiger partial charge is 0.331 e. The van der Waals surface area contributed by atoms with Crippen molar-refractivity contribution in [2.45, 2.75) is 6.42 Å². The third-order valence-corrected chi connectivity index (χ3v) is 2.47. The minimum Gasteiger partial charge on any atom is -0.462 e. The fourth-order valence-electron chi connectivity index (χ4n) is 1.48. The zero-order valence-corrected chi connectivity index (χ0v) is 12.3. The summed E-state index contributed by atoms with van der Waals surface area (Å²) in [5.74, 6) is -1.14. The van der Waals surface area contributed by atoms with Gasteiger partial charge in [-0.3, -0.25) is 0 Å². The van der Waals surface area contributed by atoms with Crippen molar-refractivity contribution in [1.29, 1.82) is 0 Å². The van der Waals surface area contributed by atoms with Crippen molar-refractivity contribution in [2.75, 3.05) is 40.4 Å². The van der Waals surface area contributed by atoms with Crippen LogP contribution >= 0.6 is 0 Å². The van der Waals surface area contributed by atoms with Crippen LogP contribution in [-0.4, -0.2) is 56.8 Å². The summed E-state index contributed by atoms with van der Waals surface area (Å²) in [6.07, 6.45) is 6.18. The van der Waals surface area contributed by atoms with Crippen LogP contribution in [0.4, 0.5) is 0 Å². The molecule has 0 amide bonds. The van der Waals surface area contributed by atoms with E-state index >= 15 is 0 Å². The van der Waals surface area contributed by atoms with E-state index in [1.54, 1.807) is 0 Å². The van der Waals surface area contributed by atoms with Crippen LogP contribution in [0.5, 0.6) is 0 Å². The van der Waals surface area contributed by atoms with E-state index in [-0.39, 0.29) is 6.61 Å². The Labute approximate surface area is 120 Å². The van der Waals surface area contributed by atoms with E-state index in [2.05, 4.69) is 32.0 Å². The molecule has 0 heterocycles. The topological polar surface area (TPSA) is 52.6 Å². The summed E-state index contributed by atoms with van der Waals surface area (Å²) < 4.78 is 10.5. The van der Waals surface area contributed by atoms with Crippen molar-refractivity contribution in [3.05, 3.63) is 37.5 Å². The lowest BCUT2D eigenvalue weighted by Gasteiger charge is -2.28. The SMILES string of the molecule is C=CCOC(=O)C=CC(=O)OCCC[N+](C)(C)CC=C. The fourth-order valence-corrected chi connectivity index (χ4v) is 1.48. The second-order valence-electron chi connectivity index (χ2n) is 4.90. The van der Waals surface area contributed by atoms with Crippen LogP contribution in [0.1, 0.15) is 6.42 Å². The molecule has 0 unspecified atom stereocenters. The summed E-state index contributed by atoms with van der Waals surface area (Å²) in [5.41, 5.74) is 0. The van der Waals surface area contributed by atoms with Gasteiger partial charge in [-0.15, -0.1) is 0 Å². The van der Waals surface area contributed by atoms with E-state index in [1.807, 2.05) is 6.08 Å². The molecule has 0 saturated carbocycles. The van der Waals surface area contributed by atoms with Crippen LogP contribution in [-0.2, 0) is 19.1 Å². The summed E-state index contributed by atoms with van der Waals surface area (Å²) in [5, 5.41) is 0. The Hall–Kier alpha value is -1.88. The first-order valence-electron chi connectivity index (χ1n) is 6.46. The fraction of sp³-hybridized carbons (Fsp3) is 0.467. The monoisotopic (exact) mass is 282 g/mol. The summed E-state index contributed by atoms with van der Waals surface area (Å²) in [4.78, 5) is 22.4. The molecule has 0 spiro atoms. The molecular weight excluding hydrogens is 258 g/mol. The number of hydrogen-bond acceptors (Lipinski definition) is 4. The van der Waals surface area contributed by atoms with Crippen molar-refractivity contribution in [3.63, 3.8) is 0 Å². The summed E-state index contributed by atoms with van der Waals surface area (Å²) in [6.45, 7) is 9.30. The van der Waals surface area contributed by atoms with Gasteiger partial charge in [-0.1, -0.05) is 19.2 Å². The van der Waals surface area contributed by atoms with Gasteiger partial charge < -0.3 is 14.0 Å². The Balaban J connectivity index is 3.83. The average molecular weight is 282 g/mol. The molecule has 0 atom stereocenters. The highest BCUT2D eigenvalue weighted by Crippen LogP contribution is 1.99. The molecule has 5 heteroatoms. The van der Waals surface area contributed by atoms with Gasteiger partial charge in [0.15, 0.2) is 0 Å². The highest BCUT2D eigenvalue weighted by molar-refractivity contribution is 5.91. The molecule has 0 aromatic carbocycles. The van der Waals surface area contributed by atoms with Crippen LogP contribution < -0.4 is 0 Å². The molecule has 0 N–H and O–H groups in total. The minimum atomic E-state index is -0.592. The number of nitrogens with zero attached hydrogens (tertiary/aromatic N) is 1. The number of hydrogen-bond donors (Lipinski definition) is 0. The minimum absolute atomic E-state index is 0.120. The van der Waals surface area contributed by atoms with Crippen molar-refractivity contribution in [1.82, 2.24) is 0 Å². The lowest BCUT2D eigenvalue weighted by atomic mass is 10.3. The molecule has 0 aromatic rings. The zero-order chi connectivity index (χ0) is 15.4. The number of carbonyl (C=O) groups excluding carboxylic acids is 2. The second-order valence-corrected chi connectivity index (χ2v) is 4.90. The van der Waals surface area contributed by atoms with Crippen molar-refractivity contribution in [3.8, 4) is 0 Å². The third-order valence-electron chi connectivity index (χ3n) is 2.47. The molecule has 0 fully saturated rings. The number of likely N-dealkylation sites (N-methyl/N-ethyl adjacent to an activating group) is 1. The number of carbonyl (C=O) groups is 2. The van der Waals surface area contributed by atoms with Crippen LogP contribution in [0.3, 0.4) is 0 Å². The van der Waals surface area contributed by atoms with E-state index < -0.39 is 11.9 Å². The Kier molecular flexibility index (Phi) is 9.04. The first-order chi connectivity index (χ1) is 9.41. The first-order valence-corrected chi connectivity index (χ1v) is 6.46. The number of esters is 2. The van der Waals surface area contributed by atoms with E-state index in [9.17, 15) is 9.59 Å². The molecule has 112 valence electrons. The molecule has 20 heavy (non-hydrogen) atoms. The molecule has 0 aliphatic rings. The van der Waals surface area contributed by atoms with Gasteiger partial charge in [0.1, 0.15) is 6.61 Å². The molecule has 0 aliphatic carbocycles. The van der Waals surface area contributed by atoms with E-state index in [1.165, 1.54) is 6.08 Å². The van der Waals surface area contributed by atoms with Crippen LogP contribution in [0.2, 0.25) is 0 Å². The van der Waals surface area contributed by atoms with Gasteiger partial charge in [-0.25, -0.2) is 9.59 Å². The van der Waals surface area contributed by atoms with Crippen molar-refractivity contribution in [2.24, 2.45) is 0 Å². The lowest BCUT2D eigenvalue weighted by molar-refractivity contribution is -0.884. The van der Waals surface area contributed by atoms with Gasteiger partial charge in [-0.2, -0.15) is 0 Å². The van der Waals surface area contributed by atoms with Crippen LogP contribution in [0.15, 0.2) is 37.5 Å². The lowest BCUT2D eigenvalue weighted by Crippen LogP contribution is -2.40. The summed E-state index contributed by atoms with van der Waals surface area (Å²) in [6, 6.07) is 0. The molecule has 0 saturated heterocycles. The van der Waals surface area contributed by atoms with Gasteiger partial charge in [0.05, 0.1) is 33.8 Å². The standard InChI is InChI=1S/C15H24NO4/c1-5-10-16(3,4)11-7-13-20-15(18)9-8-14(17)19-12-6-2/h5-6,8-9H,1-2,7,10-13H2,3-4H3/q+1. The molecule has 0 rings (SSSR count). The highest BCUT2D eigenvalue weighted by Gasteiger charge is 2.12. The van der Waals surface area contributed by atoms with E-state index in [0.29, 0.717) is 6.61 Å². The second kappa shape index (κ2) is 9.97. The average Bonchev–Trinajstić information content (AvgIpc) is 2.39. The molecule has 0 aliphatic heterocycles. The maximum Gasteiger partial charge on any atom is 0.331 e. The van der Waals surface area contributed by atoms with Gasteiger partial charge in [-0.05, 0) is 6.08 Å². The zero-order valence-electron chi connectivity index (χ0n) is 12.3. The van der Waals surface area contributed by atoms with Crippen molar-refractivity contribution >= 4 is 11.9 Å². The molecular formula is C15H24NO4+. The summed E-state index contributed by atoms with van der Waals surface area (Å²) in [7, 11) is 4.16. The predicted molar refractivity (Wildman–Crippen MR) is 77.9 cm³/mol. The third kappa shape index (κ3) is 10.1. The maximum atomic E-state index is 11.3. The van der Waals surface area contributed by atoms with Gasteiger partial charge in [0, 0.05) is 18.6 Å². The van der Waals surface area contributed by atoms with E-state index in [4.69, 9.17) is 4.74 Å². The number of rotatable bonds is 10. The van der Waals surface area contributed by atoms with Crippen molar-refractivity contribution < 1.29 is 23.5 Å². The summed E-state index contributed by atoms with van der Waals surface area (Å²) >= 11 is 0. The number of ether oxygens (including phenoxy) is 2. The van der Waals surface area contributed by atoms with Gasteiger partial charge in [0.25, 0.3) is 0 Å². The Morgan fingerprint density at radius 2 is 1.65 bits per heavy atom. The highest BCUT2D eigenvalue weighted by atomic mass is 16.5. The van der Waals surface area contributed by atoms with Gasteiger partial charge >= 0.3 is 11.9 Å². The first kappa shape index (κ1) is 18.1. The predicted octanol–water partition coefficient (Wildman–Crippen LogP) is 1.47.